The summed E-state index contributed by atoms with van der Waals surface area (Å²) in [5.74, 6) is -0.304. The fraction of sp³-hybridized carbons (Fsp3) is 0.188. The summed E-state index contributed by atoms with van der Waals surface area (Å²) < 4.78 is 14.0. The van der Waals surface area contributed by atoms with E-state index in [2.05, 4.69) is 4.98 Å². The Morgan fingerprint density at radius 1 is 1.15 bits per heavy atom. The summed E-state index contributed by atoms with van der Waals surface area (Å²) in [6, 6.07) is 6.41. The first kappa shape index (κ1) is 13.1. The SMILES string of the molecule is Cc1[nH]c(C(=O)c2cc3ccc(F)cc3s2)c(C)c1C. The number of thiophene rings is 1. The molecule has 0 amide bonds. The van der Waals surface area contributed by atoms with Crippen LogP contribution < -0.4 is 0 Å². The highest BCUT2D eigenvalue weighted by molar-refractivity contribution is 7.21. The summed E-state index contributed by atoms with van der Waals surface area (Å²) >= 11 is 1.33. The van der Waals surface area contributed by atoms with Gasteiger partial charge in [0.2, 0.25) is 5.78 Å². The van der Waals surface area contributed by atoms with Crippen LogP contribution in [0.25, 0.3) is 10.1 Å². The molecule has 1 aromatic carbocycles. The first-order valence-electron chi connectivity index (χ1n) is 6.37. The van der Waals surface area contributed by atoms with E-state index in [1.807, 2.05) is 26.8 Å². The summed E-state index contributed by atoms with van der Waals surface area (Å²) in [5.41, 5.74) is 3.74. The van der Waals surface area contributed by atoms with Gasteiger partial charge in [-0.1, -0.05) is 6.07 Å². The largest absolute Gasteiger partial charge is 0.355 e. The Kier molecular flexibility index (Phi) is 2.98. The van der Waals surface area contributed by atoms with Crippen molar-refractivity contribution in [1.29, 1.82) is 0 Å². The number of carbonyl (C=O) groups excluding carboxylic acids is 1. The zero-order valence-corrected chi connectivity index (χ0v) is 12.3. The molecule has 20 heavy (non-hydrogen) atoms. The van der Waals surface area contributed by atoms with Crippen LogP contribution in [0.2, 0.25) is 0 Å². The lowest BCUT2D eigenvalue weighted by Crippen LogP contribution is -2.01. The molecule has 0 spiro atoms. The molecule has 0 atom stereocenters. The lowest BCUT2D eigenvalue weighted by molar-refractivity contribution is 0.103. The topological polar surface area (TPSA) is 32.9 Å². The number of aryl methyl sites for hydroxylation is 1. The van der Waals surface area contributed by atoms with Crippen LogP contribution in [0.3, 0.4) is 0 Å². The fourth-order valence-corrected chi connectivity index (χ4v) is 3.34. The molecular formula is C16H14FNOS. The Hall–Kier alpha value is -1.94. The minimum atomic E-state index is -0.277. The first-order chi connectivity index (χ1) is 9.47. The molecule has 0 radical (unpaired) electrons. The molecule has 0 saturated heterocycles. The lowest BCUT2D eigenvalue weighted by atomic mass is 10.1. The standard InChI is InChI=1S/C16H14FNOS/c1-8-9(2)15(18-10(8)3)16(19)14-6-11-4-5-12(17)7-13(11)20-14/h4-7,18H,1-3H3. The maximum Gasteiger partial charge on any atom is 0.219 e. The summed E-state index contributed by atoms with van der Waals surface area (Å²) in [7, 11) is 0. The number of H-pyrrole nitrogens is 1. The van der Waals surface area contributed by atoms with E-state index in [1.54, 1.807) is 6.07 Å². The van der Waals surface area contributed by atoms with Crippen LogP contribution in [0.15, 0.2) is 24.3 Å². The van der Waals surface area contributed by atoms with Gasteiger partial charge in [-0.15, -0.1) is 11.3 Å². The van der Waals surface area contributed by atoms with Crippen molar-refractivity contribution < 1.29 is 9.18 Å². The second-order valence-corrected chi connectivity index (χ2v) is 6.08. The molecular weight excluding hydrogens is 273 g/mol. The minimum absolute atomic E-state index is 0.0275. The van der Waals surface area contributed by atoms with Crippen molar-refractivity contribution >= 4 is 27.2 Å². The average Bonchev–Trinajstić information content (AvgIpc) is 2.94. The highest BCUT2D eigenvalue weighted by atomic mass is 32.1. The molecule has 3 rings (SSSR count). The zero-order chi connectivity index (χ0) is 14.4. The normalized spacial score (nSPS) is 11.2. The quantitative estimate of drug-likeness (QED) is 0.690. The number of halogens is 1. The smallest absolute Gasteiger partial charge is 0.219 e. The zero-order valence-electron chi connectivity index (χ0n) is 11.5. The second-order valence-electron chi connectivity index (χ2n) is 5.00. The van der Waals surface area contributed by atoms with E-state index in [0.717, 1.165) is 26.9 Å². The van der Waals surface area contributed by atoms with E-state index in [0.29, 0.717) is 10.6 Å². The van der Waals surface area contributed by atoms with Gasteiger partial charge in [-0.25, -0.2) is 4.39 Å². The van der Waals surface area contributed by atoms with Crippen LogP contribution >= 0.6 is 11.3 Å². The molecule has 0 bridgehead atoms. The molecule has 0 aliphatic rings. The number of aromatic amines is 1. The number of ketones is 1. The Labute approximate surface area is 120 Å². The van der Waals surface area contributed by atoms with Crippen LogP contribution in [0.5, 0.6) is 0 Å². The Bertz CT molecular complexity index is 828. The van der Waals surface area contributed by atoms with Crippen molar-refractivity contribution in [3.63, 3.8) is 0 Å². The number of nitrogens with one attached hydrogen (secondary N) is 1. The van der Waals surface area contributed by atoms with Crippen LogP contribution in [0.1, 0.15) is 32.2 Å². The molecule has 0 unspecified atom stereocenters. The van der Waals surface area contributed by atoms with Crippen LogP contribution in [-0.2, 0) is 0 Å². The number of rotatable bonds is 2. The Morgan fingerprint density at radius 3 is 2.55 bits per heavy atom. The molecule has 3 aromatic rings. The van der Waals surface area contributed by atoms with Gasteiger partial charge in [-0.3, -0.25) is 4.79 Å². The van der Waals surface area contributed by atoms with Gasteiger partial charge >= 0.3 is 0 Å². The van der Waals surface area contributed by atoms with Crippen molar-refractivity contribution in [2.45, 2.75) is 20.8 Å². The lowest BCUT2D eigenvalue weighted by Gasteiger charge is -1.96. The third-order valence-corrected chi connectivity index (χ3v) is 4.84. The van der Waals surface area contributed by atoms with Gasteiger partial charge in [0.15, 0.2) is 0 Å². The Balaban J connectivity index is 2.10. The van der Waals surface area contributed by atoms with E-state index in [1.165, 1.54) is 23.5 Å². The van der Waals surface area contributed by atoms with Gasteiger partial charge in [-0.05, 0) is 55.5 Å². The predicted octanol–water partition coefficient (Wildman–Crippen LogP) is 4.52. The van der Waals surface area contributed by atoms with Crippen LogP contribution in [0.4, 0.5) is 4.39 Å². The number of carbonyl (C=O) groups is 1. The molecule has 4 heteroatoms. The summed E-state index contributed by atoms with van der Waals surface area (Å²) in [6.45, 7) is 5.90. The molecule has 2 aromatic heterocycles. The van der Waals surface area contributed by atoms with E-state index < -0.39 is 0 Å². The molecule has 102 valence electrons. The van der Waals surface area contributed by atoms with Crippen molar-refractivity contribution in [1.82, 2.24) is 4.98 Å². The van der Waals surface area contributed by atoms with Gasteiger partial charge in [0, 0.05) is 10.4 Å². The number of hydrogen-bond donors (Lipinski definition) is 1. The number of benzene rings is 1. The third-order valence-electron chi connectivity index (χ3n) is 3.75. The van der Waals surface area contributed by atoms with Gasteiger partial charge in [0.05, 0.1) is 10.6 Å². The second kappa shape index (κ2) is 4.56. The summed E-state index contributed by atoms with van der Waals surface area (Å²) in [6.07, 6.45) is 0. The maximum absolute atomic E-state index is 13.2. The van der Waals surface area contributed by atoms with Crippen molar-refractivity contribution in [3.05, 3.63) is 57.5 Å². The molecule has 0 saturated carbocycles. The highest BCUT2D eigenvalue weighted by Crippen LogP contribution is 2.29. The van der Waals surface area contributed by atoms with Crippen LogP contribution in [-0.4, -0.2) is 10.8 Å². The number of hydrogen-bond acceptors (Lipinski definition) is 2. The minimum Gasteiger partial charge on any atom is -0.355 e. The van der Waals surface area contributed by atoms with Crippen molar-refractivity contribution in [3.8, 4) is 0 Å². The Morgan fingerprint density at radius 2 is 1.90 bits per heavy atom. The highest BCUT2D eigenvalue weighted by Gasteiger charge is 2.18. The molecule has 2 heterocycles. The molecule has 0 aliphatic carbocycles. The summed E-state index contributed by atoms with van der Waals surface area (Å²) in [4.78, 5) is 16.4. The summed E-state index contributed by atoms with van der Waals surface area (Å²) in [5, 5.41) is 0.900. The van der Waals surface area contributed by atoms with E-state index in [-0.39, 0.29) is 11.6 Å². The van der Waals surface area contributed by atoms with Gasteiger partial charge in [0.25, 0.3) is 0 Å². The predicted molar refractivity (Wildman–Crippen MR) is 80.2 cm³/mol. The maximum atomic E-state index is 13.2. The van der Waals surface area contributed by atoms with Crippen molar-refractivity contribution in [2.75, 3.05) is 0 Å². The van der Waals surface area contributed by atoms with Gasteiger partial charge in [-0.2, -0.15) is 0 Å². The number of aromatic nitrogens is 1. The van der Waals surface area contributed by atoms with Crippen molar-refractivity contribution in [2.24, 2.45) is 0 Å². The first-order valence-corrected chi connectivity index (χ1v) is 7.18. The average molecular weight is 287 g/mol. The fourth-order valence-electron chi connectivity index (χ4n) is 2.31. The monoisotopic (exact) mass is 287 g/mol. The number of fused-ring (bicyclic) bond motifs is 1. The van der Waals surface area contributed by atoms with E-state index in [9.17, 15) is 9.18 Å². The molecule has 0 aliphatic heterocycles. The van der Waals surface area contributed by atoms with Gasteiger partial charge in [0.1, 0.15) is 5.82 Å². The third kappa shape index (κ3) is 1.96. The van der Waals surface area contributed by atoms with E-state index >= 15 is 0 Å². The molecule has 2 nitrogen and oxygen atoms in total. The molecule has 1 N–H and O–H groups in total. The molecule has 0 fully saturated rings. The van der Waals surface area contributed by atoms with E-state index in [4.69, 9.17) is 0 Å². The van der Waals surface area contributed by atoms with Gasteiger partial charge < -0.3 is 4.98 Å². The van der Waals surface area contributed by atoms with Crippen LogP contribution in [0, 0.1) is 26.6 Å².